The van der Waals surface area contributed by atoms with E-state index < -0.39 is 0 Å². The smallest absolute Gasteiger partial charge is 0.203 e. The number of piperazine rings is 1. The fourth-order valence-corrected chi connectivity index (χ4v) is 5.81. The summed E-state index contributed by atoms with van der Waals surface area (Å²) < 4.78 is 29.0. The molecule has 2 aliphatic heterocycles. The lowest BCUT2D eigenvalue weighted by atomic mass is 9.85. The first kappa shape index (κ1) is 27.4. The van der Waals surface area contributed by atoms with Crippen LogP contribution in [0.2, 0.25) is 0 Å². The van der Waals surface area contributed by atoms with Crippen LogP contribution in [0.15, 0.2) is 12.1 Å². The first-order valence-corrected chi connectivity index (χ1v) is 13.3. The van der Waals surface area contributed by atoms with Gasteiger partial charge in [0.25, 0.3) is 0 Å². The predicted molar refractivity (Wildman–Crippen MR) is 147 cm³/mol. The van der Waals surface area contributed by atoms with Gasteiger partial charge >= 0.3 is 0 Å². The first-order valence-electron chi connectivity index (χ1n) is 13.3. The maximum atomic E-state index is 6.74. The topological polar surface area (TPSA) is 52.6 Å². The first-order chi connectivity index (χ1) is 17.7. The van der Waals surface area contributed by atoms with E-state index in [2.05, 4.69) is 37.5 Å². The number of rotatable bonds is 9. The number of ether oxygens (including phenoxy) is 5. The van der Waals surface area contributed by atoms with Gasteiger partial charge in [-0.1, -0.05) is 0 Å². The number of hydrogen-bond acceptors (Lipinski definition) is 7. The summed E-state index contributed by atoms with van der Waals surface area (Å²) in [6.07, 6.45) is 3.11. The van der Waals surface area contributed by atoms with Gasteiger partial charge < -0.3 is 28.6 Å². The molecule has 0 amide bonds. The molecule has 2 heterocycles. The molecule has 0 aromatic heterocycles. The van der Waals surface area contributed by atoms with Crippen LogP contribution in [0.25, 0.3) is 0 Å². The van der Waals surface area contributed by atoms with Crippen LogP contribution in [0, 0.1) is 20.8 Å². The molecule has 1 fully saturated rings. The Hall–Kier alpha value is -2.64. The van der Waals surface area contributed by atoms with E-state index in [0.29, 0.717) is 17.2 Å². The second kappa shape index (κ2) is 11.4. The van der Waals surface area contributed by atoms with Crippen molar-refractivity contribution in [3.05, 3.63) is 39.9 Å². The third kappa shape index (κ3) is 5.63. The van der Waals surface area contributed by atoms with Crippen molar-refractivity contribution in [1.82, 2.24) is 9.80 Å². The molecule has 2 aliphatic rings. The zero-order valence-electron chi connectivity index (χ0n) is 24.0. The maximum Gasteiger partial charge on any atom is 0.203 e. The molecule has 4 rings (SSSR count). The Kier molecular flexibility index (Phi) is 8.44. The zero-order valence-corrected chi connectivity index (χ0v) is 24.0. The van der Waals surface area contributed by atoms with Crippen LogP contribution in [-0.4, -0.2) is 76.6 Å². The Labute approximate surface area is 222 Å². The van der Waals surface area contributed by atoms with Gasteiger partial charge in [0.15, 0.2) is 11.5 Å². The molecule has 2 aromatic carbocycles. The van der Waals surface area contributed by atoms with Gasteiger partial charge in [0.1, 0.15) is 17.1 Å². The van der Waals surface area contributed by atoms with Crippen molar-refractivity contribution >= 4 is 0 Å². The van der Waals surface area contributed by atoms with E-state index in [1.54, 1.807) is 28.4 Å². The van der Waals surface area contributed by atoms with Gasteiger partial charge in [-0.3, -0.25) is 4.90 Å². The molecule has 0 bridgehead atoms. The Morgan fingerprint density at radius 1 is 0.784 bits per heavy atom. The molecule has 1 atom stereocenters. The SMILES string of the molecule is COc1cc(CN2CCN(CCC3(C)CCc4c(C)c(OC)c(C)c(C)c4O3)CC2)cc(OC)c1OC. The molecule has 7 nitrogen and oxygen atoms in total. The van der Waals surface area contributed by atoms with Gasteiger partial charge in [-0.15, -0.1) is 0 Å². The van der Waals surface area contributed by atoms with E-state index in [9.17, 15) is 0 Å². The van der Waals surface area contributed by atoms with Crippen molar-refractivity contribution in [2.75, 3.05) is 61.2 Å². The van der Waals surface area contributed by atoms with E-state index in [1.165, 1.54) is 27.8 Å². The summed E-state index contributed by atoms with van der Waals surface area (Å²) in [5, 5.41) is 0. The van der Waals surface area contributed by atoms with Crippen LogP contribution >= 0.6 is 0 Å². The molecule has 0 N–H and O–H groups in total. The summed E-state index contributed by atoms with van der Waals surface area (Å²) in [6, 6.07) is 4.10. The Morgan fingerprint density at radius 2 is 1.38 bits per heavy atom. The van der Waals surface area contributed by atoms with E-state index in [4.69, 9.17) is 23.7 Å². The number of nitrogens with zero attached hydrogens (tertiary/aromatic N) is 2. The fourth-order valence-electron chi connectivity index (χ4n) is 5.81. The molecular weight excluding hydrogens is 468 g/mol. The van der Waals surface area contributed by atoms with Gasteiger partial charge in [-0.05, 0) is 81.3 Å². The van der Waals surface area contributed by atoms with Crippen LogP contribution in [0.4, 0.5) is 0 Å². The van der Waals surface area contributed by atoms with E-state index in [0.717, 1.165) is 70.0 Å². The molecule has 0 radical (unpaired) electrons. The van der Waals surface area contributed by atoms with Crippen molar-refractivity contribution in [2.45, 2.75) is 59.1 Å². The van der Waals surface area contributed by atoms with Gasteiger partial charge in [0.05, 0.1) is 28.4 Å². The molecule has 1 unspecified atom stereocenters. The summed E-state index contributed by atoms with van der Waals surface area (Å²) in [7, 11) is 6.72. The predicted octanol–water partition coefficient (Wildman–Crippen LogP) is 4.94. The fraction of sp³-hybridized carbons (Fsp3) is 0.600. The molecule has 7 heteroatoms. The highest BCUT2D eigenvalue weighted by Gasteiger charge is 2.35. The second-order valence-electron chi connectivity index (χ2n) is 10.7. The summed E-state index contributed by atoms with van der Waals surface area (Å²) in [6.45, 7) is 14.8. The average molecular weight is 513 g/mol. The molecule has 2 aromatic rings. The maximum absolute atomic E-state index is 6.74. The minimum absolute atomic E-state index is 0.140. The minimum Gasteiger partial charge on any atom is -0.496 e. The van der Waals surface area contributed by atoms with Gasteiger partial charge in [-0.2, -0.15) is 0 Å². The third-order valence-electron chi connectivity index (χ3n) is 8.32. The highest BCUT2D eigenvalue weighted by Crippen LogP contribution is 2.44. The van der Waals surface area contributed by atoms with E-state index in [1.807, 2.05) is 12.1 Å². The lowest BCUT2D eigenvalue weighted by molar-refractivity contribution is 0.0351. The molecular formula is C30H44N2O5. The molecule has 204 valence electrons. The monoisotopic (exact) mass is 512 g/mol. The van der Waals surface area contributed by atoms with E-state index >= 15 is 0 Å². The lowest BCUT2D eigenvalue weighted by Gasteiger charge is -2.40. The largest absolute Gasteiger partial charge is 0.496 e. The Morgan fingerprint density at radius 3 is 1.95 bits per heavy atom. The van der Waals surface area contributed by atoms with Crippen molar-refractivity contribution in [3.63, 3.8) is 0 Å². The minimum atomic E-state index is -0.140. The number of benzene rings is 2. The van der Waals surface area contributed by atoms with Crippen LogP contribution in [-0.2, 0) is 13.0 Å². The van der Waals surface area contributed by atoms with Crippen LogP contribution in [0.1, 0.15) is 47.6 Å². The van der Waals surface area contributed by atoms with E-state index in [-0.39, 0.29) is 5.60 Å². The molecule has 0 spiro atoms. The molecule has 1 saturated heterocycles. The average Bonchev–Trinajstić information content (AvgIpc) is 2.91. The van der Waals surface area contributed by atoms with Gasteiger partial charge in [0, 0.05) is 44.8 Å². The van der Waals surface area contributed by atoms with Gasteiger partial charge in [-0.25, -0.2) is 0 Å². The third-order valence-corrected chi connectivity index (χ3v) is 8.32. The van der Waals surface area contributed by atoms with Crippen molar-refractivity contribution < 1.29 is 23.7 Å². The Bertz CT molecular complexity index is 1080. The molecule has 0 saturated carbocycles. The molecule has 0 aliphatic carbocycles. The Balaban J connectivity index is 1.33. The highest BCUT2D eigenvalue weighted by molar-refractivity contribution is 5.59. The van der Waals surface area contributed by atoms with Crippen molar-refractivity contribution in [2.24, 2.45) is 0 Å². The van der Waals surface area contributed by atoms with Crippen LogP contribution in [0.3, 0.4) is 0 Å². The van der Waals surface area contributed by atoms with Crippen molar-refractivity contribution in [3.8, 4) is 28.7 Å². The quantitative estimate of drug-likeness (QED) is 0.472. The summed E-state index contributed by atoms with van der Waals surface area (Å²) in [5.74, 6) is 4.14. The van der Waals surface area contributed by atoms with Gasteiger partial charge in [0.2, 0.25) is 5.75 Å². The highest BCUT2D eigenvalue weighted by atomic mass is 16.5. The standard InChI is InChI=1S/C30H44N2O5/c1-20-21(2)28-24(22(3)27(20)35-7)9-10-30(4,37-28)11-12-31-13-15-32(16-14-31)19-23-17-25(33-5)29(36-8)26(18-23)34-6/h17-18H,9-16,19H2,1-8H3. The lowest BCUT2D eigenvalue weighted by Crippen LogP contribution is -2.48. The zero-order chi connectivity index (χ0) is 26.7. The summed E-state index contributed by atoms with van der Waals surface area (Å²) in [5.41, 5.74) is 5.97. The number of methoxy groups -OCH3 is 4. The molecule has 37 heavy (non-hydrogen) atoms. The normalized spacial score (nSPS) is 20.2. The summed E-state index contributed by atoms with van der Waals surface area (Å²) >= 11 is 0. The van der Waals surface area contributed by atoms with Crippen LogP contribution in [0.5, 0.6) is 28.7 Å². The number of hydrogen-bond donors (Lipinski definition) is 0. The van der Waals surface area contributed by atoms with Crippen molar-refractivity contribution in [1.29, 1.82) is 0 Å². The number of fused-ring (bicyclic) bond motifs is 1. The van der Waals surface area contributed by atoms with Crippen LogP contribution < -0.4 is 23.7 Å². The second-order valence-corrected chi connectivity index (χ2v) is 10.7. The summed E-state index contributed by atoms with van der Waals surface area (Å²) in [4.78, 5) is 5.07.